The largest absolute Gasteiger partial charge is 0.351 e. The van der Waals surface area contributed by atoms with Crippen LogP contribution in [0.2, 0.25) is 0 Å². The maximum absolute atomic E-state index is 12.5. The summed E-state index contributed by atoms with van der Waals surface area (Å²) < 4.78 is 3.30. The quantitative estimate of drug-likeness (QED) is 0.603. The van der Waals surface area contributed by atoms with Crippen molar-refractivity contribution in [1.82, 2.24) is 5.32 Å². The van der Waals surface area contributed by atoms with Crippen LogP contribution in [0, 0.1) is 0 Å². The molecule has 128 valence electrons. The number of nitrogens with one attached hydrogen (secondary N) is 3. The Labute approximate surface area is 155 Å². The summed E-state index contributed by atoms with van der Waals surface area (Å²) in [5, 5.41) is 3.80. The number of amides is 1. The minimum atomic E-state index is -0.0419. The Morgan fingerprint density at radius 2 is 1.76 bits per heavy atom. The van der Waals surface area contributed by atoms with Crippen LogP contribution in [-0.2, 0) is 0 Å². The number of H-pyrrole nitrogens is 1. The predicted molar refractivity (Wildman–Crippen MR) is 105 cm³/mol. The molecule has 0 saturated heterocycles. The first-order chi connectivity index (χ1) is 12.3. The van der Waals surface area contributed by atoms with Gasteiger partial charge in [-0.1, -0.05) is 55.5 Å². The Hall–Kier alpha value is -2.31. The minimum absolute atomic E-state index is 0.0419. The van der Waals surface area contributed by atoms with Crippen molar-refractivity contribution < 1.29 is 9.78 Å². The number of aromatic nitrogens is 1. The third-order valence-corrected chi connectivity index (χ3v) is 5.42. The fraction of sp³-hybridized carbons (Fsp3) is 0.158. The van der Waals surface area contributed by atoms with Gasteiger partial charge in [0.25, 0.3) is 5.91 Å². The van der Waals surface area contributed by atoms with E-state index in [1.54, 1.807) is 0 Å². The van der Waals surface area contributed by atoms with Gasteiger partial charge in [-0.05, 0) is 29.9 Å². The summed E-state index contributed by atoms with van der Waals surface area (Å²) in [5.41, 5.74) is 1.84. The number of thiazole rings is 1. The number of carbonyl (C=O) groups excluding carboxylic acids is 1. The minimum Gasteiger partial charge on any atom is -0.351 e. The Bertz CT molecular complexity index is 819. The summed E-state index contributed by atoms with van der Waals surface area (Å²) in [5.74, 6) is -0.0419. The molecule has 6 heteroatoms. The van der Waals surface area contributed by atoms with Gasteiger partial charge in [0, 0.05) is 12.1 Å². The third kappa shape index (κ3) is 4.61. The van der Waals surface area contributed by atoms with Crippen molar-refractivity contribution in [3.8, 4) is 11.3 Å². The molecule has 0 fully saturated rings. The van der Waals surface area contributed by atoms with E-state index >= 15 is 0 Å². The third-order valence-electron chi connectivity index (χ3n) is 3.48. The van der Waals surface area contributed by atoms with E-state index in [-0.39, 0.29) is 5.91 Å². The first-order valence-electron chi connectivity index (χ1n) is 8.15. The van der Waals surface area contributed by atoms with E-state index < -0.39 is 0 Å². The zero-order valence-electron chi connectivity index (χ0n) is 13.9. The summed E-state index contributed by atoms with van der Waals surface area (Å²) in [4.78, 5) is 17.7. The smallest absolute Gasteiger partial charge is 0.344 e. The summed E-state index contributed by atoms with van der Waals surface area (Å²) in [6.07, 6.45) is 0.913. The van der Waals surface area contributed by atoms with Crippen LogP contribution < -0.4 is 15.0 Å². The van der Waals surface area contributed by atoms with Crippen LogP contribution in [0.25, 0.3) is 11.3 Å². The number of hydrogen-bond donors (Lipinski definition) is 2. The maximum atomic E-state index is 12.5. The zero-order chi connectivity index (χ0) is 17.5. The van der Waals surface area contributed by atoms with E-state index in [0.29, 0.717) is 11.4 Å². The van der Waals surface area contributed by atoms with Crippen molar-refractivity contribution >= 4 is 34.3 Å². The molecular formula is C19H20N3OS2+. The normalized spacial score (nSPS) is 10.4. The second kappa shape index (κ2) is 8.69. The summed E-state index contributed by atoms with van der Waals surface area (Å²) in [6.45, 7) is 2.72. The van der Waals surface area contributed by atoms with Gasteiger partial charge in [0.05, 0.1) is 16.8 Å². The average molecular weight is 371 g/mol. The fourth-order valence-corrected chi connectivity index (χ4v) is 3.92. The SMILES string of the molecule is CCCNC(=O)c1sc(NSc2ccccc2)[nH+]c1-c1ccccc1. The van der Waals surface area contributed by atoms with E-state index in [9.17, 15) is 4.79 Å². The van der Waals surface area contributed by atoms with Crippen LogP contribution in [0.3, 0.4) is 0 Å². The van der Waals surface area contributed by atoms with Gasteiger partial charge < -0.3 is 5.32 Å². The standard InChI is InChI=1S/C19H19N3OS2/c1-2-13-20-18(23)17-16(14-9-5-3-6-10-14)21-19(24-17)22-25-15-11-7-4-8-12-15/h3-12H,2,13H2,1H3,(H,20,23)(H,21,22)/p+1. The average Bonchev–Trinajstić information content (AvgIpc) is 3.10. The van der Waals surface area contributed by atoms with E-state index in [0.717, 1.165) is 27.7 Å². The Balaban J connectivity index is 1.84. The number of rotatable bonds is 7. The molecule has 0 aliphatic carbocycles. The predicted octanol–water partition coefficient (Wildman–Crippen LogP) is 4.49. The van der Waals surface area contributed by atoms with Crippen molar-refractivity contribution in [1.29, 1.82) is 0 Å². The highest BCUT2D eigenvalue weighted by Gasteiger charge is 2.23. The van der Waals surface area contributed by atoms with Crippen LogP contribution in [0.4, 0.5) is 5.13 Å². The summed E-state index contributed by atoms with van der Waals surface area (Å²) >= 11 is 2.95. The number of benzene rings is 2. The Morgan fingerprint density at radius 1 is 1.08 bits per heavy atom. The summed E-state index contributed by atoms with van der Waals surface area (Å²) in [7, 11) is 0. The highest BCUT2D eigenvalue weighted by molar-refractivity contribution is 8.00. The number of aromatic amines is 1. The molecule has 0 atom stereocenters. The molecule has 3 aromatic rings. The molecule has 3 N–H and O–H groups in total. The Kier molecular flexibility index (Phi) is 6.09. The van der Waals surface area contributed by atoms with Crippen molar-refractivity contribution in [3.63, 3.8) is 0 Å². The lowest BCUT2D eigenvalue weighted by Gasteiger charge is -2.02. The molecule has 0 radical (unpaired) electrons. The van der Waals surface area contributed by atoms with Crippen LogP contribution in [0.1, 0.15) is 23.0 Å². The molecule has 0 saturated carbocycles. The van der Waals surface area contributed by atoms with Gasteiger partial charge in [-0.3, -0.25) is 4.79 Å². The van der Waals surface area contributed by atoms with Gasteiger partial charge in [-0.15, -0.1) is 0 Å². The van der Waals surface area contributed by atoms with Crippen LogP contribution in [0.15, 0.2) is 65.6 Å². The van der Waals surface area contributed by atoms with Crippen LogP contribution >= 0.6 is 23.3 Å². The van der Waals surface area contributed by atoms with E-state index in [1.165, 1.54) is 23.3 Å². The first kappa shape index (κ1) is 17.5. The fourth-order valence-electron chi connectivity index (χ4n) is 2.28. The van der Waals surface area contributed by atoms with E-state index in [1.807, 2.05) is 67.6 Å². The zero-order valence-corrected chi connectivity index (χ0v) is 15.5. The molecule has 4 nitrogen and oxygen atoms in total. The van der Waals surface area contributed by atoms with Crippen molar-refractivity contribution in [3.05, 3.63) is 65.5 Å². The highest BCUT2D eigenvalue weighted by Crippen LogP contribution is 2.29. The molecule has 2 aromatic carbocycles. The Morgan fingerprint density at radius 3 is 2.44 bits per heavy atom. The molecular weight excluding hydrogens is 350 g/mol. The van der Waals surface area contributed by atoms with Gasteiger partial charge in [0.15, 0.2) is 5.69 Å². The van der Waals surface area contributed by atoms with Crippen molar-refractivity contribution in [2.24, 2.45) is 0 Å². The van der Waals surface area contributed by atoms with E-state index in [2.05, 4.69) is 15.0 Å². The second-order valence-corrected chi connectivity index (χ2v) is 7.30. The molecule has 0 aliphatic heterocycles. The summed E-state index contributed by atoms with van der Waals surface area (Å²) in [6, 6.07) is 20.0. The highest BCUT2D eigenvalue weighted by atomic mass is 32.2. The molecule has 25 heavy (non-hydrogen) atoms. The maximum Gasteiger partial charge on any atom is 0.344 e. The second-order valence-electron chi connectivity index (χ2n) is 5.40. The molecule has 0 aliphatic rings. The lowest BCUT2D eigenvalue weighted by Crippen LogP contribution is -2.24. The van der Waals surface area contributed by atoms with Crippen molar-refractivity contribution in [2.45, 2.75) is 18.2 Å². The van der Waals surface area contributed by atoms with Gasteiger partial charge in [-0.2, -0.15) is 4.72 Å². The lowest BCUT2D eigenvalue weighted by molar-refractivity contribution is -0.340. The molecule has 3 rings (SSSR count). The molecule has 1 heterocycles. The molecule has 0 unspecified atom stereocenters. The molecule has 1 amide bonds. The molecule has 1 aromatic heterocycles. The van der Waals surface area contributed by atoms with E-state index in [4.69, 9.17) is 0 Å². The number of hydrogen-bond acceptors (Lipinski definition) is 4. The monoisotopic (exact) mass is 370 g/mol. The topological polar surface area (TPSA) is 55.3 Å². The van der Waals surface area contributed by atoms with Gasteiger partial charge in [0.2, 0.25) is 0 Å². The lowest BCUT2D eigenvalue weighted by atomic mass is 10.1. The van der Waals surface area contributed by atoms with Crippen LogP contribution in [0.5, 0.6) is 0 Å². The van der Waals surface area contributed by atoms with Gasteiger partial charge in [-0.25, -0.2) is 4.98 Å². The van der Waals surface area contributed by atoms with Crippen molar-refractivity contribution in [2.75, 3.05) is 11.3 Å². The molecule has 0 spiro atoms. The molecule has 0 bridgehead atoms. The number of carbonyl (C=O) groups is 1. The number of anilines is 1. The van der Waals surface area contributed by atoms with Gasteiger partial charge in [0.1, 0.15) is 4.88 Å². The van der Waals surface area contributed by atoms with Crippen LogP contribution in [-0.4, -0.2) is 12.5 Å². The van der Waals surface area contributed by atoms with Gasteiger partial charge >= 0.3 is 5.13 Å². The first-order valence-corrected chi connectivity index (χ1v) is 9.79.